The number of methoxy groups -OCH3 is 2. The number of aliphatic hydroxyl groups excluding tert-OH is 1. The lowest BCUT2D eigenvalue weighted by atomic mass is 10.1. The fourth-order valence-corrected chi connectivity index (χ4v) is 2.31. The SMILES string of the molecule is COc1cccc([C@@H]2C[C@@H]2[C@@H](C)O)c1OC. The third-order valence-corrected chi connectivity index (χ3v) is 3.29. The lowest BCUT2D eigenvalue weighted by Crippen LogP contribution is -2.04. The van der Waals surface area contributed by atoms with E-state index in [1.807, 2.05) is 19.1 Å². The van der Waals surface area contributed by atoms with Crippen molar-refractivity contribution < 1.29 is 14.6 Å². The van der Waals surface area contributed by atoms with Crippen molar-refractivity contribution in [2.75, 3.05) is 14.2 Å². The molecular weight excluding hydrogens is 204 g/mol. The van der Waals surface area contributed by atoms with Crippen LogP contribution in [0.3, 0.4) is 0 Å². The molecule has 0 saturated heterocycles. The van der Waals surface area contributed by atoms with Gasteiger partial charge in [0, 0.05) is 5.56 Å². The second-order valence-electron chi connectivity index (χ2n) is 4.33. The van der Waals surface area contributed by atoms with E-state index in [0.717, 1.165) is 23.5 Å². The van der Waals surface area contributed by atoms with Gasteiger partial charge in [0.1, 0.15) is 0 Å². The van der Waals surface area contributed by atoms with Crippen LogP contribution >= 0.6 is 0 Å². The summed E-state index contributed by atoms with van der Waals surface area (Å²) >= 11 is 0. The first kappa shape index (κ1) is 11.3. The first-order chi connectivity index (χ1) is 7.69. The molecule has 0 amide bonds. The zero-order valence-corrected chi connectivity index (χ0v) is 9.93. The van der Waals surface area contributed by atoms with Gasteiger partial charge >= 0.3 is 0 Å². The Labute approximate surface area is 96.0 Å². The van der Waals surface area contributed by atoms with E-state index in [1.54, 1.807) is 14.2 Å². The minimum Gasteiger partial charge on any atom is -0.493 e. The lowest BCUT2D eigenvalue weighted by molar-refractivity contribution is 0.168. The van der Waals surface area contributed by atoms with Crippen LogP contribution in [0.25, 0.3) is 0 Å². The summed E-state index contributed by atoms with van der Waals surface area (Å²) in [6, 6.07) is 5.91. The smallest absolute Gasteiger partial charge is 0.164 e. The third-order valence-electron chi connectivity index (χ3n) is 3.29. The van der Waals surface area contributed by atoms with E-state index in [4.69, 9.17) is 9.47 Å². The van der Waals surface area contributed by atoms with Crippen LogP contribution in [0.5, 0.6) is 11.5 Å². The van der Waals surface area contributed by atoms with Gasteiger partial charge in [0.15, 0.2) is 11.5 Å². The summed E-state index contributed by atoms with van der Waals surface area (Å²) in [5, 5.41) is 9.54. The van der Waals surface area contributed by atoms with Crippen molar-refractivity contribution in [1.29, 1.82) is 0 Å². The largest absolute Gasteiger partial charge is 0.493 e. The van der Waals surface area contributed by atoms with Crippen molar-refractivity contribution in [3.63, 3.8) is 0 Å². The summed E-state index contributed by atoms with van der Waals surface area (Å²) in [5.74, 6) is 2.33. The van der Waals surface area contributed by atoms with Gasteiger partial charge in [-0.15, -0.1) is 0 Å². The normalized spacial score (nSPS) is 25.0. The highest BCUT2D eigenvalue weighted by molar-refractivity contribution is 5.50. The second kappa shape index (κ2) is 4.34. The van der Waals surface area contributed by atoms with Gasteiger partial charge in [0.25, 0.3) is 0 Å². The number of hydrogen-bond donors (Lipinski definition) is 1. The minimum atomic E-state index is -0.249. The average Bonchev–Trinajstić information content (AvgIpc) is 3.07. The molecule has 1 aromatic carbocycles. The molecule has 3 heteroatoms. The Morgan fingerprint density at radius 1 is 1.31 bits per heavy atom. The van der Waals surface area contributed by atoms with Crippen LogP contribution in [0, 0.1) is 5.92 Å². The van der Waals surface area contributed by atoms with Crippen molar-refractivity contribution >= 4 is 0 Å². The van der Waals surface area contributed by atoms with Gasteiger partial charge in [-0.25, -0.2) is 0 Å². The first-order valence-corrected chi connectivity index (χ1v) is 5.58. The molecule has 0 heterocycles. The van der Waals surface area contributed by atoms with E-state index in [2.05, 4.69) is 6.07 Å². The molecule has 0 spiro atoms. The summed E-state index contributed by atoms with van der Waals surface area (Å²) in [4.78, 5) is 0. The van der Waals surface area contributed by atoms with Crippen LogP contribution in [-0.4, -0.2) is 25.4 Å². The predicted molar refractivity (Wildman–Crippen MR) is 62.1 cm³/mol. The molecule has 1 fully saturated rings. The number of aliphatic hydroxyl groups is 1. The van der Waals surface area contributed by atoms with Gasteiger partial charge in [-0.1, -0.05) is 12.1 Å². The van der Waals surface area contributed by atoms with Gasteiger partial charge in [-0.2, -0.15) is 0 Å². The Morgan fingerprint density at radius 3 is 2.56 bits per heavy atom. The molecule has 0 bridgehead atoms. The van der Waals surface area contributed by atoms with Gasteiger partial charge in [0.2, 0.25) is 0 Å². The van der Waals surface area contributed by atoms with E-state index in [0.29, 0.717) is 11.8 Å². The molecule has 1 saturated carbocycles. The number of benzene rings is 1. The summed E-state index contributed by atoms with van der Waals surface area (Å²) in [5.41, 5.74) is 1.15. The molecule has 1 N–H and O–H groups in total. The average molecular weight is 222 g/mol. The Kier molecular flexibility index (Phi) is 3.06. The van der Waals surface area contributed by atoms with Crippen LogP contribution in [-0.2, 0) is 0 Å². The quantitative estimate of drug-likeness (QED) is 0.848. The molecule has 1 aliphatic rings. The Hall–Kier alpha value is -1.22. The van der Waals surface area contributed by atoms with Gasteiger partial charge in [-0.3, -0.25) is 0 Å². The standard InChI is InChI=1S/C13H18O3/c1-8(14)10-7-11(10)9-5-4-6-12(15-2)13(9)16-3/h4-6,8,10-11,14H,7H2,1-3H3/t8-,10-,11+/m1/s1. The maximum absolute atomic E-state index is 9.54. The van der Waals surface area contributed by atoms with Crippen LogP contribution in [0.15, 0.2) is 18.2 Å². The van der Waals surface area contributed by atoms with Crippen molar-refractivity contribution in [1.82, 2.24) is 0 Å². The summed E-state index contributed by atoms with van der Waals surface area (Å²) in [6.45, 7) is 1.84. The van der Waals surface area contributed by atoms with Crippen molar-refractivity contribution in [3.8, 4) is 11.5 Å². The molecule has 3 nitrogen and oxygen atoms in total. The van der Waals surface area contributed by atoms with Crippen molar-refractivity contribution in [2.45, 2.75) is 25.4 Å². The summed E-state index contributed by atoms with van der Waals surface area (Å²) in [7, 11) is 3.29. The zero-order chi connectivity index (χ0) is 11.7. The van der Waals surface area contributed by atoms with Gasteiger partial charge < -0.3 is 14.6 Å². The van der Waals surface area contributed by atoms with E-state index in [-0.39, 0.29) is 6.10 Å². The van der Waals surface area contributed by atoms with E-state index in [1.165, 1.54) is 0 Å². The van der Waals surface area contributed by atoms with E-state index in [9.17, 15) is 5.11 Å². The molecule has 0 radical (unpaired) electrons. The third kappa shape index (κ3) is 1.87. The Morgan fingerprint density at radius 2 is 2.06 bits per heavy atom. The fourth-order valence-electron chi connectivity index (χ4n) is 2.31. The summed E-state index contributed by atoms with van der Waals surface area (Å²) < 4.78 is 10.7. The monoisotopic (exact) mass is 222 g/mol. The summed E-state index contributed by atoms with van der Waals surface area (Å²) in [6.07, 6.45) is 0.780. The highest BCUT2D eigenvalue weighted by atomic mass is 16.5. The van der Waals surface area contributed by atoms with Gasteiger partial charge in [0.05, 0.1) is 20.3 Å². The maximum atomic E-state index is 9.54. The highest BCUT2D eigenvalue weighted by Crippen LogP contribution is 2.53. The first-order valence-electron chi connectivity index (χ1n) is 5.58. The topological polar surface area (TPSA) is 38.7 Å². The number of hydrogen-bond acceptors (Lipinski definition) is 3. The number of rotatable bonds is 4. The van der Waals surface area contributed by atoms with Crippen LogP contribution in [0.1, 0.15) is 24.8 Å². The lowest BCUT2D eigenvalue weighted by Gasteiger charge is -2.12. The van der Waals surface area contributed by atoms with Crippen LogP contribution in [0.2, 0.25) is 0 Å². The molecule has 0 aliphatic heterocycles. The molecular formula is C13H18O3. The van der Waals surface area contributed by atoms with Crippen LogP contribution in [0.4, 0.5) is 0 Å². The van der Waals surface area contributed by atoms with E-state index < -0.39 is 0 Å². The van der Waals surface area contributed by atoms with Crippen molar-refractivity contribution in [2.24, 2.45) is 5.92 Å². The molecule has 2 rings (SSSR count). The fraction of sp³-hybridized carbons (Fsp3) is 0.538. The molecule has 88 valence electrons. The highest BCUT2D eigenvalue weighted by Gasteiger charge is 2.43. The molecule has 1 aliphatic carbocycles. The zero-order valence-electron chi connectivity index (χ0n) is 9.93. The number of para-hydroxylation sites is 1. The van der Waals surface area contributed by atoms with Gasteiger partial charge in [-0.05, 0) is 31.2 Å². The predicted octanol–water partition coefficient (Wildman–Crippen LogP) is 2.19. The minimum absolute atomic E-state index is 0.249. The second-order valence-corrected chi connectivity index (χ2v) is 4.33. The van der Waals surface area contributed by atoms with Crippen molar-refractivity contribution in [3.05, 3.63) is 23.8 Å². The molecule has 3 atom stereocenters. The maximum Gasteiger partial charge on any atom is 0.164 e. The Bertz CT molecular complexity index is 373. The molecule has 0 aromatic heterocycles. The van der Waals surface area contributed by atoms with E-state index >= 15 is 0 Å². The molecule has 1 aromatic rings. The Balaban J connectivity index is 2.28. The molecule has 0 unspecified atom stereocenters. The molecule has 16 heavy (non-hydrogen) atoms. The number of ether oxygens (including phenoxy) is 2. The van der Waals surface area contributed by atoms with Crippen LogP contribution < -0.4 is 9.47 Å².